The second-order valence-corrected chi connectivity index (χ2v) is 6.94. The summed E-state index contributed by atoms with van der Waals surface area (Å²) in [5.74, 6) is 1.01. The largest absolute Gasteiger partial charge is 0.367 e. The van der Waals surface area contributed by atoms with Crippen molar-refractivity contribution in [1.82, 2.24) is 19.9 Å². The molecule has 22 heavy (non-hydrogen) atoms. The molecule has 1 aromatic rings. The Balaban J connectivity index is 1.91. The molecule has 0 bridgehead atoms. The number of aryl methyl sites for hydroxylation is 1. The number of hydrogen-bond acceptors (Lipinski definition) is 4. The molecular weight excluding hydrogens is 278 g/mol. The van der Waals surface area contributed by atoms with E-state index < -0.39 is 0 Å². The van der Waals surface area contributed by atoms with Crippen molar-refractivity contribution in [1.29, 1.82) is 0 Å². The Morgan fingerprint density at radius 1 is 1.45 bits per heavy atom. The summed E-state index contributed by atoms with van der Waals surface area (Å²) in [6.45, 7) is 11.8. The average Bonchev–Trinajstić information content (AvgIpc) is 2.95. The van der Waals surface area contributed by atoms with Crippen molar-refractivity contribution in [3.63, 3.8) is 0 Å². The fourth-order valence-corrected chi connectivity index (χ4v) is 3.26. The number of hydrogen-bond donors (Lipinski definition) is 2. The SMILES string of the molecule is CC(=O)N[C@@H]1CCN(C2=CC(C)(C)Nn3c2nc(C)c3C)C1. The maximum absolute atomic E-state index is 11.3. The summed E-state index contributed by atoms with van der Waals surface area (Å²) in [5.41, 5.74) is 6.72. The van der Waals surface area contributed by atoms with Gasteiger partial charge in [0.25, 0.3) is 0 Å². The van der Waals surface area contributed by atoms with E-state index in [1.807, 2.05) is 6.92 Å². The van der Waals surface area contributed by atoms with Crippen molar-refractivity contribution in [2.75, 3.05) is 18.5 Å². The predicted octanol–water partition coefficient (Wildman–Crippen LogP) is 1.39. The molecule has 2 N–H and O–H groups in total. The first kappa shape index (κ1) is 14.9. The van der Waals surface area contributed by atoms with Gasteiger partial charge in [-0.3, -0.25) is 4.79 Å². The van der Waals surface area contributed by atoms with Gasteiger partial charge >= 0.3 is 0 Å². The Bertz CT molecular complexity index is 643. The summed E-state index contributed by atoms with van der Waals surface area (Å²) >= 11 is 0. The summed E-state index contributed by atoms with van der Waals surface area (Å²) in [6.07, 6.45) is 3.22. The highest BCUT2D eigenvalue weighted by molar-refractivity contribution is 5.73. The predicted molar refractivity (Wildman–Crippen MR) is 86.9 cm³/mol. The van der Waals surface area contributed by atoms with E-state index in [0.29, 0.717) is 0 Å². The summed E-state index contributed by atoms with van der Waals surface area (Å²) in [6, 6.07) is 0.224. The molecule has 0 radical (unpaired) electrons. The molecule has 6 nitrogen and oxygen atoms in total. The minimum atomic E-state index is -0.133. The zero-order valence-corrected chi connectivity index (χ0v) is 14.0. The monoisotopic (exact) mass is 303 g/mol. The van der Waals surface area contributed by atoms with Crippen LogP contribution in [0, 0.1) is 13.8 Å². The van der Waals surface area contributed by atoms with E-state index in [1.165, 1.54) is 0 Å². The van der Waals surface area contributed by atoms with Gasteiger partial charge in [-0.2, -0.15) is 0 Å². The normalized spacial score (nSPS) is 22.9. The Kier molecular flexibility index (Phi) is 3.42. The minimum Gasteiger partial charge on any atom is -0.367 e. The number of nitrogens with zero attached hydrogens (tertiary/aromatic N) is 3. The first-order chi connectivity index (χ1) is 10.3. The zero-order chi connectivity index (χ0) is 16.1. The topological polar surface area (TPSA) is 62.2 Å². The van der Waals surface area contributed by atoms with Gasteiger partial charge in [0.15, 0.2) is 5.82 Å². The number of fused-ring (bicyclic) bond motifs is 1. The molecule has 3 rings (SSSR count). The van der Waals surface area contributed by atoms with Crippen LogP contribution in [-0.4, -0.2) is 45.1 Å². The molecule has 1 aromatic heterocycles. The summed E-state index contributed by atoms with van der Waals surface area (Å²) in [4.78, 5) is 18.3. The van der Waals surface area contributed by atoms with E-state index in [2.05, 4.69) is 47.2 Å². The standard InChI is InChI=1S/C16H25N5O/c1-10-11(2)21-15(17-10)14(8-16(4,5)19-21)20-7-6-13(9-20)18-12(3)22/h8,13,19H,6-7,9H2,1-5H3,(H,18,22)/t13-/m1/s1. The Hall–Kier alpha value is -1.98. The lowest BCUT2D eigenvalue weighted by atomic mass is 10.0. The molecule has 1 amide bonds. The molecular formula is C16H25N5O. The van der Waals surface area contributed by atoms with Crippen molar-refractivity contribution < 1.29 is 4.79 Å². The van der Waals surface area contributed by atoms with Crippen LogP contribution in [0.25, 0.3) is 5.70 Å². The summed E-state index contributed by atoms with van der Waals surface area (Å²) < 4.78 is 2.09. The number of carbonyl (C=O) groups is 1. The Morgan fingerprint density at radius 2 is 2.18 bits per heavy atom. The Labute approximate surface area is 131 Å². The molecule has 1 saturated heterocycles. The molecule has 0 unspecified atom stereocenters. The van der Waals surface area contributed by atoms with Gasteiger partial charge in [0.05, 0.1) is 22.6 Å². The van der Waals surface area contributed by atoms with Crippen molar-refractivity contribution in [2.24, 2.45) is 0 Å². The fraction of sp³-hybridized carbons (Fsp3) is 0.625. The number of amides is 1. The van der Waals surface area contributed by atoms with Crippen molar-refractivity contribution in [2.45, 2.75) is 52.6 Å². The van der Waals surface area contributed by atoms with E-state index in [1.54, 1.807) is 6.92 Å². The molecule has 3 heterocycles. The van der Waals surface area contributed by atoms with Crippen LogP contribution in [0.3, 0.4) is 0 Å². The third-order valence-corrected chi connectivity index (χ3v) is 4.41. The van der Waals surface area contributed by atoms with Gasteiger partial charge in [-0.1, -0.05) is 0 Å². The van der Waals surface area contributed by atoms with Crippen LogP contribution in [0.15, 0.2) is 6.08 Å². The van der Waals surface area contributed by atoms with Crippen LogP contribution in [-0.2, 0) is 4.79 Å². The first-order valence-corrected chi connectivity index (χ1v) is 7.86. The second kappa shape index (κ2) is 5.04. The average molecular weight is 303 g/mol. The number of likely N-dealkylation sites (tertiary alicyclic amines) is 1. The molecule has 0 spiro atoms. The molecule has 2 aliphatic rings. The molecule has 0 aliphatic carbocycles. The number of imidazole rings is 1. The zero-order valence-electron chi connectivity index (χ0n) is 14.0. The van der Waals surface area contributed by atoms with Crippen LogP contribution in [0.5, 0.6) is 0 Å². The van der Waals surface area contributed by atoms with Crippen LogP contribution >= 0.6 is 0 Å². The molecule has 0 saturated carbocycles. The van der Waals surface area contributed by atoms with Crippen LogP contribution in [0.1, 0.15) is 44.4 Å². The van der Waals surface area contributed by atoms with Gasteiger partial charge in [0, 0.05) is 26.1 Å². The van der Waals surface area contributed by atoms with Gasteiger partial charge in [0.2, 0.25) is 5.91 Å². The lowest BCUT2D eigenvalue weighted by molar-refractivity contribution is -0.119. The van der Waals surface area contributed by atoms with Gasteiger partial charge < -0.3 is 15.6 Å². The van der Waals surface area contributed by atoms with Gasteiger partial charge in [0.1, 0.15) is 0 Å². The maximum atomic E-state index is 11.3. The third-order valence-electron chi connectivity index (χ3n) is 4.41. The number of aromatic nitrogens is 2. The molecule has 1 atom stereocenters. The fourth-order valence-electron chi connectivity index (χ4n) is 3.26. The smallest absolute Gasteiger partial charge is 0.217 e. The van der Waals surface area contributed by atoms with E-state index in [0.717, 1.165) is 42.4 Å². The van der Waals surface area contributed by atoms with E-state index in [9.17, 15) is 4.79 Å². The van der Waals surface area contributed by atoms with Gasteiger partial charge in [-0.25, -0.2) is 9.66 Å². The third kappa shape index (κ3) is 2.58. The molecule has 6 heteroatoms. The highest BCUT2D eigenvalue weighted by Crippen LogP contribution is 2.31. The van der Waals surface area contributed by atoms with Crippen molar-refractivity contribution in [3.8, 4) is 0 Å². The summed E-state index contributed by atoms with van der Waals surface area (Å²) in [5, 5.41) is 3.02. The number of rotatable bonds is 2. The van der Waals surface area contributed by atoms with E-state index >= 15 is 0 Å². The summed E-state index contributed by atoms with van der Waals surface area (Å²) in [7, 11) is 0. The Morgan fingerprint density at radius 3 is 2.86 bits per heavy atom. The van der Waals surface area contributed by atoms with Crippen molar-refractivity contribution in [3.05, 3.63) is 23.3 Å². The van der Waals surface area contributed by atoms with Gasteiger partial charge in [-0.05, 0) is 40.2 Å². The molecule has 0 aromatic carbocycles. The van der Waals surface area contributed by atoms with Gasteiger partial charge in [-0.15, -0.1) is 0 Å². The molecule has 120 valence electrons. The van der Waals surface area contributed by atoms with Crippen LogP contribution in [0.2, 0.25) is 0 Å². The van der Waals surface area contributed by atoms with Crippen molar-refractivity contribution >= 4 is 11.6 Å². The number of nitrogens with one attached hydrogen (secondary N) is 2. The van der Waals surface area contributed by atoms with Crippen LogP contribution in [0.4, 0.5) is 0 Å². The van der Waals surface area contributed by atoms with Crippen LogP contribution < -0.4 is 10.7 Å². The first-order valence-electron chi connectivity index (χ1n) is 7.86. The second-order valence-electron chi connectivity index (χ2n) is 6.94. The molecule has 1 fully saturated rings. The quantitative estimate of drug-likeness (QED) is 0.866. The molecule has 2 aliphatic heterocycles. The highest BCUT2D eigenvalue weighted by Gasteiger charge is 2.33. The minimum absolute atomic E-state index is 0.0414. The van der Waals surface area contributed by atoms with E-state index in [-0.39, 0.29) is 17.5 Å². The lowest BCUT2D eigenvalue weighted by Crippen LogP contribution is -2.43. The lowest BCUT2D eigenvalue weighted by Gasteiger charge is -2.35. The van der Waals surface area contributed by atoms with E-state index in [4.69, 9.17) is 4.98 Å². The maximum Gasteiger partial charge on any atom is 0.217 e. The number of carbonyl (C=O) groups excluding carboxylic acids is 1. The highest BCUT2D eigenvalue weighted by atomic mass is 16.1.